The number of hydrogen-bond acceptors (Lipinski definition) is 4. The summed E-state index contributed by atoms with van der Waals surface area (Å²) in [4.78, 5) is 27.3. The second-order valence-corrected chi connectivity index (χ2v) is 4.41. The van der Waals surface area contributed by atoms with Crippen LogP contribution in [0, 0.1) is 0 Å². The number of amides is 2. The Bertz CT molecular complexity index is 465. The van der Waals surface area contributed by atoms with Gasteiger partial charge in [0.05, 0.1) is 5.69 Å². The van der Waals surface area contributed by atoms with Gasteiger partial charge in [-0.3, -0.25) is 9.59 Å². The van der Waals surface area contributed by atoms with Crippen molar-refractivity contribution in [2.45, 2.75) is 13.0 Å². The maximum absolute atomic E-state index is 11.7. The minimum atomic E-state index is -0.610. The van der Waals surface area contributed by atoms with Gasteiger partial charge >= 0.3 is 0 Å². The first-order chi connectivity index (χ1) is 8.49. The highest BCUT2D eigenvalue weighted by Gasteiger charge is 2.17. The first kappa shape index (κ1) is 14.6. The van der Waals surface area contributed by atoms with Gasteiger partial charge in [0.25, 0.3) is 11.8 Å². The summed E-state index contributed by atoms with van der Waals surface area (Å²) in [6.07, 6.45) is 0.876. The molecule has 0 saturated carbocycles. The van der Waals surface area contributed by atoms with Crippen LogP contribution < -0.4 is 10.6 Å². The summed E-state index contributed by atoms with van der Waals surface area (Å²) in [5, 5.41) is 5.06. The summed E-state index contributed by atoms with van der Waals surface area (Å²) >= 11 is 3.23. The topological polar surface area (TPSA) is 80.3 Å². The van der Waals surface area contributed by atoms with E-state index in [0.717, 1.165) is 0 Å². The van der Waals surface area contributed by atoms with Crippen LogP contribution in [-0.4, -0.2) is 37.1 Å². The second-order valence-electron chi connectivity index (χ2n) is 3.50. The van der Waals surface area contributed by atoms with Gasteiger partial charge in [0, 0.05) is 24.8 Å². The van der Waals surface area contributed by atoms with Gasteiger partial charge in [0.1, 0.15) is 6.10 Å². The maximum atomic E-state index is 11.7. The molecule has 0 aromatic carbocycles. The average molecular weight is 316 g/mol. The van der Waals surface area contributed by atoms with E-state index in [1.54, 1.807) is 13.0 Å². The maximum Gasteiger partial charge on any atom is 0.271 e. The Morgan fingerprint density at radius 1 is 1.50 bits per heavy atom. The van der Waals surface area contributed by atoms with Crippen molar-refractivity contribution in [2.24, 2.45) is 0 Å². The number of nitrogens with zero attached hydrogens (tertiary/aromatic N) is 1. The second kappa shape index (κ2) is 6.46. The van der Waals surface area contributed by atoms with Crippen molar-refractivity contribution in [3.05, 3.63) is 22.4 Å². The van der Waals surface area contributed by atoms with Gasteiger partial charge in [-0.25, -0.2) is 4.98 Å². The highest BCUT2D eigenvalue weighted by atomic mass is 79.9. The Morgan fingerprint density at radius 3 is 2.72 bits per heavy atom. The molecule has 98 valence electrons. The molecule has 1 aromatic heterocycles. The van der Waals surface area contributed by atoms with Crippen LogP contribution in [0.4, 0.5) is 5.69 Å². The third-order valence-electron chi connectivity index (χ3n) is 2.28. The zero-order chi connectivity index (χ0) is 13.7. The number of halogens is 1. The van der Waals surface area contributed by atoms with Gasteiger partial charge in [-0.15, -0.1) is 0 Å². The normalized spacial score (nSPS) is 11.8. The van der Waals surface area contributed by atoms with Crippen molar-refractivity contribution in [1.29, 1.82) is 0 Å². The zero-order valence-electron chi connectivity index (χ0n) is 10.3. The Kier molecular flexibility index (Phi) is 5.24. The molecule has 2 amide bonds. The van der Waals surface area contributed by atoms with E-state index in [1.807, 2.05) is 0 Å². The molecule has 2 N–H and O–H groups in total. The van der Waals surface area contributed by atoms with Crippen LogP contribution in [0.5, 0.6) is 0 Å². The molecule has 0 saturated heterocycles. The molecule has 0 aliphatic carbocycles. The molecule has 7 heteroatoms. The molecular formula is C11H14BrN3O3. The zero-order valence-corrected chi connectivity index (χ0v) is 11.9. The predicted octanol–water partition coefficient (Wildman–Crippen LogP) is 1.18. The number of nitrogens with one attached hydrogen (secondary N) is 2. The van der Waals surface area contributed by atoms with Gasteiger partial charge in [-0.2, -0.15) is 0 Å². The number of anilines is 1. The van der Waals surface area contributed by atoms with Crippen molar-refractivity contribution in [2.75, 3.05) is 19.5 Å². The molecule has 1 atom stereocenters. The molecule has 1 heterocycles. The summed E-state index contributed by atoms with van der Waals surface area (Å²) < 4.78 is 5.56. The van der Waals surface area contributed by atoms with Crippen molar-refractivity contribution in [3.63, 3.8) is 0 Å². The fourth-order valence-corrected chi connectivity index (χ4v) is 1.51. The van der Waals surface area contributed by atoms with E-state index in [4.69, 9.17) is 4.74 Å². The number of hydrogen-bond donors (Lipinski definition) is 2. The van der Waals surface area contributed by atoms with Gasteiger partial charge in [-0.1, -0.05) is 0 Å². The summed E-state index contributed by atoms with van der Waals surface area (Å²) in [6.45, 7) is 1.61. The summed E-state index contributed by atoms with van der Waals surface area (Å²) in [7, 11) is 2.93. The largest absolute Gasteiger partial charge is 0.372 e. The number of ether oxygens (including phenoxy) is 1. The lowest BCUT2D eigenvalue weighted by Gasteiger charge is -2.13. The SMILES string of the molecule is CNC(=O)c1ncc(Br)cc1NC(=O)C(C)OC. The summed E-state index contributed by atoms with van der Waals surface area (Å²) in [6, 6.07) is 1.61. The molecule has 6 nitrogen and oxygen atoms in total. The first-order valence-electron chi connectivity index (χ1n) is 5.21. The van der Waals surface area contributed by atoms with Crippen molar-refractivity contribution >= 4 is 33.4 Å². The van der Waals surface area contributed by atoms with E-state index in [2.05, 4.69) is 31.5 Å². The molecule has 1 unspecified atom stereocenters. The molecule has 0 fully saturated rings. The van der Waals surface area contributed by atoms with E-state index in [9.17, 15) is 9.59 Å². The Morgan fingerprint density at radius 2 is 2.17 bits per heavy atom. The molecule has 0 bridgehead atoms. The van der Waals surface area contributed by atoms with E-state index in [-0.39, 0.29) is 17.5 Å². The van der Waals surface area contributed by atoms with Gasteiger partial charge in [0.15, 0.2) is 5.69 Å². The lowest BCUT2D eigenvalue weighted by atomic mass is 10.2. The third kappa shape index (κ3) is 3.51. The standard InChI is InChI=1S/C11H14BrN3O3/c1-6(18-3)10(16)15-8-4-7(12)5-14-9(8)11(17)13-2/h4-6H,1-3H3,(H,13,17)(H,15,16). The molecular weight excluding hydrogens is 302 g/mol. The first-order valence-corrected chi connectivity index (χ1v) is 6.00. The molecule has 1 aromatic rings. The number of aromatic nitrogens is 1. The van der Waals surface area contributed by atoms with E-state index in [1.165, 1.54) is 20.4 Å². The average Bonchev–Trinajstić information content (AvgIpc) is 2.37. The van der Waals surface area contributed by atoms with Crippen LogP contribution in [0.2, 0.25) is 0 Å². The minimum absolute atomic E-state index is 0.150. The minimum Gasteiger partial charge on any atom is -0.372 e. The van der Waals surface area contributed by atoms with Crippen LogP contribution in [-0.2, 0) is 9.53 Å². The Hall–Kier alpha value is -1.47. The van der Waals surface area contributed by atoms with Crippen molar-refractivity contribution in [1.82, 2.24) is 10.3 Å². The van der Waals surface area contributed by atoms with Gasteiger partial charge in [-0.05, 0) is 28.9 Å². The molecule has 18 heavy (non-hydrogen) atoms. The van der Waals surface area contributed by atoms with Gasteiger partial charge in [0.2, 0.25) is 0 Å². The summed E-state index contributed by atoms with van der Waals surface area (Å²) in [5.74, 6) is -0.717. The lowest BCUT2D eigenvalue weighted by molar-refractivity contribution is -0.124. The Labute approximate surface area is 113 Å². The predicted molar refractivity (Wildman–Crippen MR) is 70.4 cm³/mol. The van der Waals surface area contributed by atoms with Crippen LogP contribution in [0.25, 0.3) is 0 Å². The number of pyridine rings is 1. The quantitative estimate of drug-likeness (QED) is 0.874. The smallest absolute Gasteiger partial charge is 0.271 e. The molecule has 0 aliphatic rings. The van der Waals surface area contributed by atoms with Crippen LogP contribution in [0.3, 0.4) is 0 Å². The van der Waals surface area contributed by atoms with Crippen molar-refractivity contribution < 1.29 is 14.3 Å². The van der Waals surface area contributed by atoms with Crippen LogP contribution in [0.1, 0.15) is 17.4 Å². The number of carbonyl (C=O) groups is 2. The van der Waals surface area contributed by atoms with Crippen LogP contribution in [0.15, 0.2) is 16.7 Å². The van der Waals surface area contributed by atoms with Gasteiger partial charge < -0.3 is 15.4 Å². The van der Waals surface area contributed by atoms with Crippen LogP contribution >= 0.6 is 15.9 Å². The molecule has 0 aliphatic heterocycles. The third-order valence-corrected chi connectivity index (χ3v) is 2.71. The molecule has 0 radical (unpaired) electrons. The fourth-order valence-electron chi connectivity index (χ4n) is 1.18. The summed E-state index contributed by atoms with van der Waals surface area (Å²) in [5.41, 5.74) is 0.481. The van der Waals surface area contributed by atoms with E-state index >= 15 is 0 Å². The fraction of sp³-hybridized carbons (Fsp3) is 0.364. The van der Waals surface area contributed by atoms with E-state index in [0.29, 0.717) is 10.2 Å². The van der Waals surface area contributed by atoms with E-state index < -0.39 is 6.10 Å². The van der Waals surface area contributed by atoms with Crippen molar-refractivity contribution in [3.8, 4) is 0 Å². The highest BCUT2D eigenvalue weighted by molar-refractivity contribution is 9.10. The Balaban J connectivity index is 3.03. The highest BCUT2D eigenvalue weighted by Crippen LogP contribution is 2.19. The molecule has 0 spiro atoms. The lowest BCUT2D eigenvalue weighted by Crippen LogP contribution is -2.29. The number of rotatable bonds is 4. The molecule has 1 rings (SSSR count). The monoisotopic (exact) mass is 315 g/mol. The number of carbonyl (C=O) groups excluding carboxylic acids is 2. The number of methoxy groups -OCH3 is 1.